The van der Waals surface area contributed by atoms with Crippen LogP contribution in [0, 0.1) is 11.6 Å². The molecule has 2 aromatic rings. The largest absolute Gasteiger partial charge is 0.342 e. The molecule has 0 amide bonds. The Morgan fingerprint density at radius 3 is 2.76 bits per heavy atom. The fourth-order valence-corrected chi connectivity index (χ4v) is 1.72. The average molecular weight is 239 g/mol. The van der Waals surface area contributed by atoms with Crippen LogP contribution in [0.2, 0.25) is 0 Å². The fourth-order valence-electron chi connectivity index (χ4n) is 1.72. The quantitative estimate of drug-likeness (QED) is 0.860. The molecule has 1 heterocycles. The van der Waals surface area contributed by atoms with Gasteiger partial charge in [-0.15, -0.1) is 0 Å². The first kappa shape index (κ1) is 12.0. The molecule has 0 aliphatic heterocycles. The van der Waals surface area contributed by atoms with E-state index in [0.717, 1.165) is 31.0 Å². The number of nitrogens with one attached hydrogen (secondary N) is 2. The second-order valence-corrected chi connectivity index (χ2v) is 4.11. The van der Waals surface area contributed by atoms with Crippen molar-refractivity contribution in [3.63, 3.8) is 0 Å². The van der Waals surface area contributed by atoms with Gasteiger partial charge in [0.15, 0.2) is 11.6 Å². The zero-order valence-corrected chi connectivity index (χ0v) is 9.85. The highest BCUT2D eigenvalue weighted by Gasteiger charge is 2.12. The minimum atomic E-state index is -0.866. The monoisotopic (exact) mass is 239 g/mol. The molecule has 0 radical (unpaired) electrons. The van der Waals surface area contributed by atoms with Crippen LogP contribution in [0.3, 0.4) is 0 Å². The first-order valence-corrected chi connectivity index (χ1v) is 5.67. The Morgan fingerprint density at radius 1 is 1.35 bits per heavy atom. The molecule has 3 nitrogen and oxygen atoms in total. The molecule has 1 unspecified atom stereocenters. The van der Waals surface area contributed by atoms with Crippen molar-refractivity contribution in [2.75, 3.05) is 13.1 Å². The molecular weight excluding hydrogens is 224 g/mol. The van der Waals surface area contributed by atoms with Crippen molar-refractivity contribution >= 4 is 11.0 Å². The van der Waals surface area contributed by atoms with Crippen molar-refractivity contribution in [1.29, 1.82) is 0 Å². The molecule has 2 rings (SSSR count). The molecule has 5 heteroatoms. The first-order valence-electron chi connectivity index (χ1n) is 5.67. The van der Waals surface area contributed by atoms with E-state index in [1.165, 1.54) is 0 Å². The SMILES string of the molecule is CCNCC(C)c1nc2cc(F)c(F)cc2[nH]1. The molecule has 1 aromatic carbocycles. The molecular formula is C12H15F2N3. The predicted molar refractivity (Wildman–Crippen MR) is 63.0 cm³/mol. The number of nitrogens with zero attached hydrogens (tertiary/aromatic N) is 1. The lowest BCUT2D eigenvalue weighted by atomic mass is 10.2. The molecule has 0 spiro atoms. The molecule has 0 aliphatic rings. The summed E-state index contributed by atoms with van der Waals surface area (Å²) < 4.78 is 26.0. The van der Waals surface area contributed by atoms with E-state index in [0.29, 0.717) is 11.0 Å². The van der Waals surface area contributed by atoms with Crippen molar-refractivity contribution < 1.29 is 8.78 Å². The number of benzene rings is 1. The minimum absolute atomic E-state index is 0.175. The van der Waals surface area contributed by atoms with E-state index in [9.17, 15) is 8.78 Å². The highest BCUT2D eigenvalue weighted by Crippen LogP contribution is 2.19. The van der Waals surface area contributed by atoms with E-state index < -0.39 is 11.6 Å². The highest BCUT2D eigenvalue weighted by atomic mass is 19.2. The van der Waals surface area contributed by atoms with Gasteiger partial charge >= 0.3 is 0 Å². The molecule has 2 N–H and O–H groups in total. The zero-order chi connectivity index (χ0) is 12.4. The number of likely N-dealkylation sites (N-methyl/N-ethyl adjacent to an activating group) is 1. The van der Waals surface area contributed by atoms with Gasteiger partial charge in [-0.2, -0.15) is 0 Å². The molecule has 0 saturated carbocycles. The van der Waals surface area contributed by atoms with Crippen LogP contribution < -0.4 is 5.32 Å². The van der Waals surface area contributed by atoms with Crippen LogP contribution >= 0.6 is 0 Å². The van der Waals surface area contributed by atoms with Crippen LogP contribution in [0.5, 0.6) is 0 Å². The lowest BCUT2D eigenvalue weighted by Gasteiger charge is -2.07. The Hall–Kier alpha value is -1.49. The summed E-state index contributed by atoms with van der Waals surface area (Å²) in [6, 6.07) is 2.26. The second kappa shape index (κ2) is 4.79. The molecule has 0 bridgehead atoms. The lowest BCUT2D eigenvalue weighted by molar-refractivity contribution is 0.510. The van der Waals surface area contributed by atoms with E-state index >= 15 is 0 Å². The van der Waals surface area contributed by atoms with Crippen molar-refractivity contribution in [2.24, 2.45) is 0 Å². The maximum atomic E-state index is 13.0. The van der Waals surface area contributed by atoms with Crippen LogP contribution in [-0.2, 0) is 0 Å². The maximum absolute atomic E-state index is 13.0. The summed E-state index contributed by atoms with van der Waals surface area (Å²) in [6.07, 6.45) is 0. The number of halogens is 2. The Labute approximate surface area is 98.2 Å². The van der Waals surface area contributed by atoms with Gasteiger partial charge in [-0.25, -0.2) is 13.8 Å². The van der Waals surface area contributed by atoms with Gasteiger partial charge in [0, 0.05) is 24.6 Å². The van der Waals surface area contributed by atoms with Crippen molar-refractivity contribution in [3.8, 4) is 0 Å². The van der Waals surface area contributed by atoms with Crippen LogP contribution in [0.25, 0.3) is 11.0 Å². The van der Waals surface area contributed by atoms with Gasteiger partial charge in [0.1, 0.15) is 5.82 Å². The van der Waals surface area contributed by atoms with Crippen LogP contribution in [0.1, 0.15) is 25.6 Å². The smallest absolute Gasteiger partial charge is 0.161 e. The number of fused-ring (bicyclic) bond motifs is 1. The lowest BCUT2D eigenvalue weighted by Crippen LogP contribution is -2.19. The summed E-state index contributed by atoms with van der Waals surface area (Å²) in [4.78, 5) is 7.28. The Kier molecular flexibility index (Phi) is 3.38. The van der Waals surface area contributed by atoms with Gasteiger partial charge in [-0.05, 0) is 6.54 Å². The molecule has 0 aliphatic carbocycles. The van der Waals surface area contributed by atoms with E-state index in [1.54, 1.807) is 0 Å². The van der Waals surface area contributed by atoms with Gasteiger partial charge in [0.05, 0.1) is 11.0 Å². The standard InChI is InChI=1S/C12H15F2N3/c1-3-15-6-7(2)12-16-10-4-8(13)9(14)5-11(10)17-12/h4-5,7,15H,3,6H2,1-2H3,(H,16,17). The first-order chi connectivity index (χ1) is 8.11. The van der Waals surface area contributed by atoms with Crippen LogP contribution in [0.15, 0.2) is 12.1 Å². The van der Waals surface area contributed by atoms with E-state index in [1.807, 2.05) is 13.8 Å². The number of aromatic nitrogens is 2. The van der Waals surface area contributed by atoms with E-state index in [4.69, 9.17) is 0 Å². The summed E-state index contributed by atoms with van der Waals surface area (Å²) in [5.74, 6) is -0.804. The van der Waals surface area contributed by atoms with E-state index in [2.05, 4.69) is 15.3 Å². The third kappa shape index (κ3) is 2.44. The Balaban J connectivity index is 2.31. The minimum Gasteiger partial charge on any atom is -0.342 e. The van der Waals surface area contributed by atoms with Crippen LogP contribution in [0.4, 0.5) is 8.78 Å². The van der Waals surface area contributed by atoms with Gasteiger partial charge in [0.2, 0.25) is 0 Å². The number of aromatic amines is 1. The fraction of sp³-hybridized carbons (Fsp3) is 0.417. The molecule has 1 aromatic heterocycles. The normalized spacial score (nSPS) is 13.2. The van der Waals surface area contributed by atoms with E-state index in [-0.39, 0.29) is 5.92 Å². The van der Waals surface area contributed by atoms with Gasteiger partial charge in [-0.1, -0.05) is 13.8 Å². The topological polar surface area (TPSA) is 40.7 Å². The average Bonchev–Trinajstić information content (AvgIpc) is 2.69. The number of hydrogen-bond donors (Lipinski definition) is 2. The zero-order valence-electron chi connectivity index (χ0n) is 9.85. The molecule has 1 atom stereocenters. The number of rotatable bonds is 4. The Bertz CT molecular complexity index is 483. The summed E-state index contributed by atoms with van der Waals surface area (Å²) in [6.45, 7) is 5.69. The maximum Gasteiger partial charge on any atom is 0.161 e. The van der Waals surface area contributed by atoms with Gasteiger partial charge in [0.25, 0.3) is 0 Å². The number of H-pyrrole nitrogens is 1. The molecule has 0 fully saturated rings. The van der Waals surface area contributed by atoms with Crippen molar-refractivity contribution in [3.05, 3.63) is 29.6 Å². The predicted octanol–water partition coefficient (Wildman–Crippen LogP) is 2.55. The third-order valence-electron chi connectivity index (χ3n) is 2.71. The second-order valence-electron chi connectivity index (χ2n) is 4.11. The summed E-state index contributed by atoms with van der Waals surface area (Å²) in [5, 5.41) is 3.21. The molecule has 17 heavy (non-hydrogen) atoms. The molecule has 92 valence electrons. The number of hydrogen-bond acceptors (Lipinski definition) is 2. The summed E-state index contributed by atoms with van der Waals surface area (Å²) in [7, 11) is 0. The van der Waals surface area contributed by atoms with Gasteiger partial charge in [-0.3, -0.25) is 0 Å². The van der Waals surface area contributed by atoms with Crippen molar-refractivity contribution in [2.45, 2.75) is 19.8 Å². The molecule has 0 saturated heterocycles. The Morgan fingerprint density at radius 2 is 2.06 bits per heavy atom. The number of imidazole rings is 1. The van der Waals surface area contributed by atoms with Crippen molar-refractivity contribution in [1.82, 2.24) is 15.3 Å². The summed E-state index contributed by atoms with van der Waals surface area (Å²) in [5.41, 5.74) is 0.990. The van der Waals surface area contributed by atoms with Crippen LogP contribution in [-0.4, -0.2) is 23.1 Å². The highest BCUT2D eigenvalue weighted by molar-refractivity contribution is 5.75. The third-order valence-corrected chi connectivity index (χ3v) is 2.71. The van der Waals surface area contributed by atoms with Gasteiger partial charge < -0.3 is 10.3 Å². The summed E-state index contributed by atoms with van der Waals surface area (Å²) >= 11 is 0.